The van der Waals surface area contributed by atoms with E-state index in [1.165, 1.54) is 0 Å². The molecule has 0 aliphatic rings. The van der Waals surface area contributed by atoms with Gasteiger partial charge in [-0.25, -0.2) is 0 Å². The summed E-state index contributed by atoms with van der Waals surface area (Å²) in [7, 11) is 0. The van der Waals surface area contributed by atoms with Crippen LogP contribution in [0.3, 0.4) is 0 Å². The third kappa shape index (κ3) is 4.14. The van der Waals surface area contributed by atoms with Gasteiger partial charge in [0.15, 0.2) is 0 Å². The monoisotopic (exact) mass is 197 g/mol. The lowest BCUT2D eigenvalue weighted by Crippen LogP contribution is -1.83. The summed E-state index contributed by atoms with van der Waals surface area (Å²) >= 11 is 0. The lowest BCUT2D eigenvalue weighted by Gasteiger charge is -1.95. The van der Waals surface area contributed by atoms with E-state index in [-0.39, 0.29) is 0 Å². The second-order valence-electron chi connectivity index (χ2n) is 3.17. The molecule has 0 fully saturated rings. The second kappa shape index (κ2) is 5.66. The zero-order chi connectivity index (χ0) is 11.1. The Hall–Kier alpha value is -2.02. The molecule has 0 aromatic heterocycles. The molecule has 0 atom stereocenters. The van der Waals surface area contributed by atoms with Crippen LogP contribution >= 0.6 is 0 Å². The van der Waals surface area contributed by atoms with Crippen LogP contribution in [-0.4, -0.2) is 0 Å². The Morgan fingerprint density at radius 3 is 2.73 bits per heavy atom. The zero-order valence-electron chi connectivity index (χ0n) is 8.69. The first kappa shape index (κ1) is 11.1. The van der Waals surface area contributed by atoms with Crippen molar-refractivity contribution < 1.29 is 0 Å². The van der Waals surface area contributed by atoms with E-state index in [0.717, 1.165) is 16.8 Å². The third-order valence-electron chi connectivity index (χ3n) is 1.85. The summed E-state index contributed by atoms with van der Waals surface area (Å²) in [6, 6.07) is 7.71. The summed E-state index contributed by atoms with van der Waals surface area (Å²) in [5, 5.41) is 0. The largest absolute Gasteiger partial charge is 0.399 e. The minimum Gasteiger partial charge on any atom is -0.399 e. The van der Waals surface area contributed by atoms with Gasteiger partial charge in [0.25, 0.3) is 0 Å². The Morgan fingerprint density at radius 1 is 1.27 bits per heavy atom. The number of hydrogen-bond donors (Lipinski definition) is 1. The minimum absolute atomic E-state index is 0.768. The number of nitrogen functional groups attached to an aromatic ring is 1. The lowest BCUT2D eigenvalue weighted by atomic mass is 10.1. The van der Waals surface area contributed by atoms with E-state index in [1.54, 1.807) is 6.08 Å². The van der Waals surface area contributed by atoms with E-state index >= 15 is 0 Å². The average Bonchev–Trinajstić information content (AvgIpc) is 2.23. The average molecular weight is 197 g/mol. The smallest absolute Gasteiger partial charge is 0.0319 e. The van der Waals surface area contributed by atoms with Gasteiger partial charge in [0, 0.05) is 5.69 Å². The highest BCUT2D eigenvalue weighted by Crippen LogP contribution is 2.09. The van der Waals surface area contributed by atoms with Crippen LogP contribution in [0.2, 0.25) is 0 Å². The summed E-state index contributed by atoms with van der Waals surface area (Å²) < 4.78 is 0. The molecule has 15 heavy (non-hydrogen) atoms. The van der Waals surface area contributed by atoms with Gasteiger partial charge in [-0.3, -0.25) is 0 Å². The molecule has 0 aliphatic heterocycles. The van der Waals surface area contributed by atoms with Gasteiger partial charge in [-0.15, -0.1) is 0 Å². The van der Waals surface area contributed by atoms with E-state index in [2.05, 4.69) is 13.2 Å². The molecule has 2 N–H and O–H groups in total. The predicted octanol–water partition coefficient (Wildman–Crippen LogP) is 3.58. The molecule has 0 heterocycles. The fourth-order valence-corrected chi connectivity index (χ4v) is 1.11. The molecule has 1 nitrogen and oxygen atoms in total. The number of allylic oxidation sites excluding steroid dienone is 5. The van der Waals surface area contributed by atoms with Crippen molar-refractivity contribution in [3.63, 3.8) is 0 Å². The Balaban J connectivity index is 2.69. The lowest BCUT2D eigenvalue weighted by molar-refractivity contribution is 1.63. The highest BCUT2D eigenvalue weighted by Gasteiger charge is 1.87. The quantitative estimate of drug-likeness (QED) is 0.579. The molecule has 1 aromatic carbocycles. The molecule has 1 rings (SSSR count). The van der Waals surface area contributed by atoms with Gasteiger partial charge >= 0.3 is 0 Å². The van der Waals surface area contributed by atoms with Crippen molar-refractivity contribution in [2.75, 3.05) is 5.73 Å². The summed E-state index contributed by atoms with van der Waals surface area (Å²) in [4.78, 5) is 0. The van der Waals surface area contributed by atoms with Crippen molar-refractivity contribution in [2.24, 2.45) is 0 Å². The molecule has 0 amide bonds. The fraction of sp³-hybridized carbons (Fsp3) is 0. The van der Waals surface area contributed by atoms with E-state index in [4.69, 9.17) is 5.73 Å². The van der Waals surface area contributed by atoms with Gasteiger partial charge in [-0.1, -0.05) is 55.7 Å². The normalized spacial score (nSPS) is 10.9. The first-order valence-electron chi connectivity index (χ1n) is 4.74. The highest BCUT2D eigenvalue weighted by molar-refractivity contribution is 5.58. The molecule has 0 spiro atoms. The molecule has 0 saturated carbocycles. The molecule has 1 heteroatoms. The van der Waals surface area contributed by atoms with Crippen molar-refractivity contribution in [2.45, 2.75) is 0 Å². The van der Waals surface area contributed by atoms with Crippen LogP contribution in [0.4, 0.5) is 5.69 Å². The van der Waals surface area contributed by atoms with Crippen LogP contribution in [0, 0.1) is 0 Å². The Labute approximate surface area is 90.9 Å². The molecule has 0 saturated heterocycles. The van der Waals surface area contributed by atoms with E-state index in [0.29, 0.717) is 0 Å². The molecule has 0 aliphatic carbocycles. The number of hydrogen-bond acceptors (Lipinski definition) is 1. The van der Waals surface area contributed by atoms with Gasteiger partial charge in [-0.2, -0.15) is 0 Å². The first-order chi connectivity index (χ1) is 7.22. The van der Waals surface area contributed by atoms with E-state index < -0.39 is 0 Å². The van der Waals surface area contributed by atoms with Crippen molar-refractivity contribution in [3.8, 4) is 0 Å². The van der Waals surface area contributed by atoms with Gasteiger partial charge in [0.05, 0.1) is 0 Å². The van der Waals surface area contributed by atoms with Gasteiger partial charge in [0.2, 0.25) is 0 Å². The molecular formula is C14H15N. The van der Waals surface area contributed by atoms with Crippen molar-refractivity contribution in [3.05, 3.63) is 72.9 Å². The molecule has 76 valence electrons. The summed E-state index contributed by atoms with van der Waals surface area (Å²) in [6.07, 6.45) is 9.39. The minimum atomic E-state index is 0.768. The van der Waals surface area contributed by atoms with Crippen LogP contribution in [0.25, 0.3) is 6.08 Å². The van der Waals surface area contributed by atoms with Crippen LogP contribution < -0.4 is 5.73 Å². The number of nitrogens with two attached hydrogens (primary N) is 1. The predicted molar refractivity (Wildman–Crippen MR) is 68.4 cm³/mol. The van der Waals surface area contributed by atoms with Crippen LogP contribution in [0.5, 0.6) is 0 Å². The number of anilines is 1. The SMILES string of the molecule is C=CC=CC(=C)C=Cc1cccc(N)c1. The zero-order valence-corrected chi connectivity index (χ0v) is 8.69. The van der Waals surface area contributed by atoms with Crippen molar-refractivity contribution in [1.82, 2.24) is 0 Å². The van der Waals surface area contributed by atoms with Crippen molar-refractivity contribution in [1.29, 1.82) is 0 Å². The Bertz CT molecular complexity index is 411. The highest BCUT2D eigenvalue weighted by atomic mass is 14.5. The molecule has 0 bridgehead atoms. The summed E-state index contributed by atoms with van der Waals surface area (Å²) in [5.74, 6) is 0. The van der Waals surface area contributed by atoms with E-state index in [1.807, 2.05) is 48.6 Å². The Kier molecular flexibility index (Phi) is 4.17. The molecule has 0 unspecified atom stereocenters. The van der Waals surface area contributed by atoms with Crippen LogP contribution in [0.1, 0.15) is 5.56 Å². The summed E-state index contributed by atoms with van der Waals surface area (Å²) in [5.41, 5.74) is 8.43. The molecular weight excluding hydrogens is 182 g/mol. The maximum Gasteiger partial charge on any atom is 0.0319 e. The fourth-order valence-electron chi connectivity index (χ4n) is 1.11. The molecule has 1 aromatic rings. The van der Waals surface area contributed by atoms with Gasteiger partial charge in [-0.05, 0) is 23.3 Å². The molecule has 0 radical (unpaired) electrons. The maximum atomic E-state index is 5.66. The summed E-state index contributed by atoms with van der Waals surface area (Å²) in [6.45, 7) is 7.47. The first-order valence-corrected chi connectivity index (χ1v) is 4.74. The third-order valence-corrected chi connectivity index (χ3v) is 1.85. The second-order valence-corrected chi connectivity index (χ2v) is 3.17. The standard InChI is InChI=1S/C14H15N/c1-3-4-6-12(2)9-10-13-7-5-8-14(15)11-13/h3-11H,1-2,15H2. The number of benzene rings is 1. The Morgan fingerprint density at radius 2 is 2.07 bits per heavy atom. The maximum absolute atomic E-state index is 5.66. The van der Waals surface area contributed by atoms with E-state index in [9.17, 15) is 0 Å². The topological polar surface area (TPSA) is 26.0 Å². The van der Waals surface area contributed by atoms with Gasteiger partial charge < -0.3 is 5.73 Å². The van der Waals surface area contributed by atoms with Crippen LogP contribution in [0.15, 0.2) is 67.3 Å². The number of rotatable bonds is 4. The van der Waals surface area contributed by atoms with Crippen LogP contribution in [-0.2, 0) is 0 Å². The van der Waals surface area contributed by atoms with Gasteiger partial charge in [0.1, 0.15) is 0 Å². The van der Waals surface area contributed by atoms with Crippen molar-refractivity contribution >= 4 is 11.8 Å².